The van der Waals surface area contributed by atoms with E-state index in [4.69, 9.17) is 0 Å². The van der Waals surface area contributed by atoms with Gasteiger partial charge in [-0.15, -0.1) is 0 Å². The van der Waals surface area contributed by atoms with E-state index in [-0.39, 0.29) is 24.2 Å². The molecule has 2 aliphatic heterocycles. The highest BCUT2D eigenvalue weighted by atomic mass is 19.1. The van der Waals surface area contributed by atoms with Crippen LogP contribution in [0, 0.1) is 19.7 Å². The van der Waals surface area contributed by atoms with Crippen molar-refractivity contribution in [2.24, 2.45) is 5.10 Å². The predicted molar refractivity (Wildman–Crippen MR) is 122 cm³/mol. The average molecular weight is 437 g/mol. The summed E-state index contributed by atoms with van der Waals surface area (Å²) in [5.74, 6) is -0.437. The zero-order chi connectivity index (χ0) is 22.8. The first kappa shape index (κ1) is 22.1. The highest BCUT2D eigenvalue weighted by molar-refractivity contribution is 6.03. The normalized spacial score (nSPS) is 19.2. The summed E-state index contributed by atoms with van der Waals surface area (Å²) in [7, 11) is 0. The Kier molecular flexibility index (Phi) is 6.37. The molecule has 32 heavy (non-hydrogen) atoms. The topological polar surface area (TPSA) is 56.2 Å². The van der Waals surface area contributed by atoms with E-state index < -0.39 is 6.04 Å². The quantitative estimate of drug-likeness (QED) is 0.739. The minimum atomic E-state index is -0.473. The number of amides is 2. The van der Waals surface area contributed by atoms with Crippen LogP contribution in [0.5, 0.6) is 0 Å². The lowest BCUT2D eigenvalue weighted by Crippen LogP contribution is -2.50. The maximum Gasteiger partial charge on any atom is 0.257 e. The molecule has 2 aliphatic rings. The second-order valence-corrected chi connectivity index (χ2v) is 8.61. The molecule has 4 rings (SSSR count). The number of hydrazone groups is 1. The van der Waals surface area contributed by atoms with Crippen molar-refractivity contribution in [3.05, 3.63) is 70.5 Å². The smallest absolute Gasteiger partial charge is 0.257 e. The largest absolute Gasteiger partial charge is 0.340 e. The molecule has 6 nitrogen and oxygen atoms in total. The van der Waals surface area contributed by atoms with Crippen LogP contribution in [-0.2, 0) is 9.59 Å². The van der Waals surface area contributed by atoms with Crippen molar-refractivity contribution in [1.29, 1.82) is 0 Å². The van der Waals surface area contributed by atoms with E-state index in [1.165, 1.54) is 16.6 Å². The molecule has 0 aromatic heterocycles. The van der Waals surface area contributed by atoms with Crippen molar-refractivity contribution >= 4 is 17.5 Å². The molecule has 0 radical (unpaired) electrons. The zero-order valence-corrected chi connectivity index (χ0v) is 18.8. The van der Waals surface area contributed by atoms with E-state index >= 15 is 0 Å². The SMILES string of the molecule is CC(=O)N1CCN(CC(=O)N2N=C(c3ccc(C)c(C)c3)C[C@@H]2c2ccccc2F)CC1. The number of hydrogen-bond acceptors (Lipinski definition) is 4. The Morgan fingerprint density at radius 2 is 1.75 bits per heavy atom. The van der Waals surface area contributed by atoms with Crippen LogP contribution in [-0.4, -0.2) is 65.1 Å². The number of nitrogens with zero attached hydrogens (tertiary/aromatic N) is 4. The Morgan fingerprint density at radius 1 is 1.03 bits per heavy atom. The maximum absolute atomic E-state index is 14.7. The summed E-state index contributed by atoms with van der Waals surface area (Å²) >= 11 is 0. The van der Waals surface area contributed by atoms with Crippen molar-refractivity contribution in [2.75, 3.05) is 32.7 Å². The van der Waals surface area contributed by atoms with E-state index in [0.717, 1.165) is 16.8 Å². The zero-order valence-electron chi connectivity index (χ0n) is 18.8. The lowest BCUT2D eigenvalue weighted by molar-refractivity contribution is -0.135. The van der Waals surface area contributed by atoms with Gasteiger partial charge < -0.3 is 4.90 Å². The third-order valence-corrected chi connectivity index (χ3v) is 6.45. The van der Waals surface area contributed by atoms with Gasteiger partial charge in [0, 0.05) is 45.1 Å². The number of hydrogen-bond donors (Lipinski definition) is 0. The van der Waals surface area contributed by atoms with Crippen LogP contribution in [0.15, 0.2) is 47.6 Å². The number of carbonyl (C=O) groups is 2. The van der Waals surface area contributed by atoms with Crippen molar-refractivity contribution in [3.63, 3.8) is 0 Å². The van der Waals surface area contributed by atoms with Crippen LogP contribution in [0.3, 0.4) is 0 Å². The molecule has 0 unspecified atom stereocenters. The third-order valence-electron chi connectivity index (χ3n) is 6.45. The molecule has 1 fully saturated rings. The summed E-state index contributed by atoms with van der Waals surface area (Å²) in [5, 5.41) is 6.14. The lowest BCUT2D eigenvalue weighted by atomic mass is 9.96. The molecule has 2 heterocycles. The van der Waals surface area contributed by atoms with E-state index in [2.05, 4.69) is 18.1 Å². The van der Waals surface area contributed by atoms with Crippen LogP contribution in [0.1, 0.15) is 41.6 Å². The van der Waals surface area contributed by atoms with Crippen LogP contribution in [0.25, 0.3) is 0 Å². The molecule has 0 spiro atoms. The monoisotopic (exact) mass is 436 g/mol. The minimum Gasteiger partial charge on any atom is -0.340 e. The molecule has 0 bridgehead atoms. The Bertz CT molecular complexity index is 1060. The van der Waals surface area contributed by atoms with Crippen molar-refractivity contribution in [2.45, 2.75) is 33.2 Å². The van der Waals surface area contributed by atoms with Gasteiger partial charge in [0.15, 0.2) is 0 Å². The van der Waals surface area contributed by atoms with Crippen LogP contribution >= 0.6 is 0 Å². The van der Waals surface area contributed by atoms with Crippen molar-refractivity contribution in [1.82, 2.24) is 14.8 Å². The summed E-state index contributed by atoms with van der Waals surface area (Å²) in [6.45, 7) is 8.35. The van der Waals surface area contributed by atoms with Gasteiger partial charge in [-0.05, 0) is 42.7 Å². The summed E-state index contributed by atoms with van der Waals surface area (Å²) < 4.78 is 14.7. The second kappa shape index (κ2) is 9.20. The highest BCUT2D eigenvalue weighted by Gasteiger charge is 2.35. The molecule has 168 valence electrons. The lowest BCUT2D eigenvalue weighted by Gasteiger charge is -2.34. The van der Waals surface area contributed by atoms with Gasteiger partial charge in [0.25, 0.3) is 5.91 Å². The van der Waals surface area contributed by atoms with Gasteiger partial charge in [-0.25, -0.2) is 9.40 Å². The molecule has 0 saturated carbocycles. The average Bonchev–Trinajstić information content (AvgIpc) is 3.22. The van der Waals surface area contributed by atoms with E-state index in [1.807, 2.05) is 24.0 Å². The van der Waals surface area contributed by atoms with E-state index in [0.29, 0.717) is 38.2 Å². The van der Waals surface area contributed by atoms with Gasteiger partial charge in [0.2, 0.25) is 5.91 Å². The Balaban J connectivity index is 1.57. The van der Waals surface area contributed by atoms with E-state index in [9.17, 15) is 14.0 Å². The van der Waals surface area contributed by atoms with Crippen LogP contribution < -0.4 is 0 Å². The van der Waals surface area contributed by atoms with Gasteiger partial charge in [0.05, 0.1) is 18.3 Å². The molecule has 1 atom stereocenters. The van der Waals surface area contributed by atoms with Crippen molar-refractivity contribution < 1.29 is 14.0 Å². The second-order valence-electron chi connectivity index (χ2n) is 8.61. The molecule has 2 aromatic rings. The number of carbonyl (C=O) groups excluding carboxylic acids is 2. The summed E-state index contributed by atoms with van der Waals surface area (Å²) in [4.78, 5) is 28.7. The Hall–Kier alpha value is -3.06. The molecular weight excluding hydrogens is 407 g/mol. The molecule has 2 aromatic carbocycles. The van der Waals surface area contributed by atoms with Crippen LogP contribution in [0.2, 0.25) is 0 Å². The Labute approximate surface area is 188 Å². The molecule has 0 N–H and O–H groups in total. The minimum absolute atomic E-state index is 0.0535. The van der Waals surface area contributed by atoms with Gasteiger partial charge in [-0.1, -0.05) is 30.3 Å². The summed E-state index contributed by atoms with van der Waals surface area (Å²) in [6, 6.07) is 12.2. The third kappa shape index (κ3) is 4.58. The van der Waals surface area contributed by atoms with Gasteiger partial charge >= 0.3 is 0 Å². The fourth-order valence-corrected chi connectivity index (χ4v) is 4.31. The fourth-order valence-electron chi connectivity index (χ4n) is 4.31. The highest BCUT2D eigenvalue weighted by Crippen LogP contribution is 2.34. The number of aryl methyl sites for hydroxylation is 2. The maximum atomic E-state index is 14.7. The number of rotatable bonds is 4. The van der Waals surface area contributed by atoms with Crippen LogP contribution in [0.4, 0.5) is 4.39 Å². The summed E-state index contributed by atoms with van der Waals surface area (Å²) in [6.07, 6.45) is 0.466. The first-order chi connectivity index (χ1) is 15.3. The number of halogens is 1. The number of benzene rings is 2. The van der Waals surface area contributed by atoms with E-state index in [1.54, 1.807) is 30.0 Å². The van der Waals surface area contributed by atoms with Crippen molar-refractivity contribution in [3.8, 4) is 0 Å². The Morgan fingerprint density at radius 3 is 2.41 bits per heavy atom. The molecule has 2 amide bonds. The first-order valence-corrected chi connectivity index (χ1v) is 11.0. The number of piperazine rings is 1. The fraction of sp³-hybridized carbons (Fsp3) is 0.400. The molecular formula is C25H29FN4O2. The summed E-state index contributed by atoms with van der Waals surface area (Å²) in [5.41, 5.74) is 4.57. The molecule has 7 heteroatoms. The standard InChI is InChI=1S/C25H29FN4O2/c1-17-8-9-20(14-18(17)2)23-15-24(21-6-4-5-7-22(21)26)30(27-23)25(32)16-28-10-12-29(13-11-28)19(3)31/h4-9,14,24H,10-13,15-16H2,1-3H3/t24-/m1/s1. The van der Waals surface area contributed by atoms with Gasteiger partial charge in [0.1, 0.15) is 5.82 Å². The molecule has 1 saturated heterocycles. The van der Waals surface area contributed by atoms with Gasteiger partial charge in [-0.3, -0.25) is 14.5 Å². The predicted octanol–water partition coefficient (Wildman–Crippen LogP) is 3.28. The van der Waals surface area contributed by atoms with Gasteiger partial charge in [-0.2, -0.15) is 5.10 Å². The first-order valence-electron chi connectivity index (χ1n) is 11.0. The molecule has 0 aliphatic carbocycles.